The van der Waals surface area contributed by atoms with Crippen LogP contribution >= 0.6 is 0 Å². The van der Waals surface area contributed by atoms with E-state index in [2.05, 4.69) is 48.6 Å². The van der Waals surface area contributed by atoms with Crippen molar-refractivity contribution < 1.29 is 5.11 Å². The first-order chi connectivity index (χ1) is 15.9. The molecule has 0 radical (unpaired) electrons. The molecular formula is C29H33N3O. The molecule has 0 amide bonds. The number of aliphatic hydroxyl groups is 1. The second kappa shape index (κ2) is 6.39. The van der Waals surface area contributed by atoms with Gasteiger partial charge in [0.2, 0.25) is 5.78 Å². The van der Waals surface area contributed by atoms with Crippen LogP contribution in [0.25, 0.3) is 16.8 Å². The summed E-state index contributed by atoms with van der Waals surface area (Å²) in [5.41, 5.74) is 4.08. The highest BCUT2D eigenvalue weighted by atomic mass is 16.3. The van der Waals surface area contributed by atoms with E-state index in [1.54, 1.807) is 0 Å². The number of terminal acetylenes is 1. The van der Waals surface area contributed by atoms with Gasteiger partial charge in [0.15, 0.2) is 0 Å². The van der Waals surface area contributed by atoms with E-state index in [1.165, 1.54) is 30.5 Å². The average molecular weight is 440 g/mol. The third-order valence-corrected chi connectivity index (χ3v) is 10.9. The molecule has 4 heteroatoms. The quantitative estimate of drug-likeness (QED) is 0.490. The predicted molar refractivity (Wildman–Crippen MR) is 130 cm³/mol. The molecule has 4 aliphatic carbocycles. The van der Waals surface area contributed by atoms with Crippen LogP contribution in [-0.2, 0) is 12.8 Å². The van der Waals surface area contributed by atoms with Gasteiger partial charge in [-0.05, 0) is 98.1 Å². The smallest absolute Gasteiger partial charge is 0.235 e. The van der Waals surface area contributed by atoms with Gasteiger partial charge in [-0.15, -0.1) is 6.42 Å². The van der Waals surface area contributed by atoms with Crippen LogP contribution in [0.15, 0.2) is 30.5 Å². The first-order valence-corrected chi connectivity index (χ1v) is 12.8. The van der Waals surface area contributed by atoms with Gasteiger partial charge < -0.3 is 5.11 Å². The molecule has 33 heavy (non-hydrogen) atoms. The van der Waals surface area contributed by atoms with Crippen LogP contribution in [0.1, 0.15) is 63.6 Å². The number of hydrogen-bond acceptors (Lipinski definition) is 3. The van der Waals surface area contributed by atoms with Crippen LogP contribution < -0.4 is 0 Å². The Hall–Kier alpha value is -2.38. The molecule has 7 atom stereocenters. The van der Waals surface area contributed by atoms with Crippen molar-refractivity contribution in [2.45, 2.75) is 70.8 Å². The summed E-state index contributed by atoms with van der Waals surface area (Å²) in [7, 11) is 0. The lowest BCUT2D eigenvalue weighted by molar-refractivity contribution is -0.127. The maximum atomic E-state index is 11.3. The molecule has 3 aromatic rings. The van der Waals surface area contributed by atoms with Gasteiger partial charge in [0.25, 0.3) is 0 Å². The predicted octanol–water partition coefficient (Wildman–Crippen LogP) is 5.20. The Morgan fingerprint density at radius 3 is 2.73 bits per heavy atom. The van der Waals surface area contributed by atoms with Gasteiger partial charge in [-0.25, -0.2) is 9.97 Å². The van der Waals surface area contributed by atoms with Crippen LogP contribution in [0.3, 0.4) is 0 Å². The first kappa shape index (κ1) is 20.0. The van der Waals surface area contributed by atoms with Crippen molar-refractivity contribution in [1.29, 1.82) is 0 Å². The SMILES string of the molecule is C#C[C@]1(O)CC[C@H]2C3CC[C@H]4Cc5nc6nc7ccccc7n6cc5CC4(C)C3CCC21C. The lowest BCUT2D eigenvalue weighted by Crippen LogP contribution is -2.56. The zero-order valence-electron chi connectivity index (χ0n) is 19.7. The van der Waals surface area contributed by atoms with Crippen molar-refractivity contribution in [3.8, 4) is 12.3 Å². The molecule has 0 aliphatic heterocycles. The minimum absolute atomic E-state index is 0.123. The van der Waals surface area contributed by atoms with Crippen LogP contribution in [0, 0.1) is 46.8 Å². The largest absolute Gasteiger partial charge is 0.377 e. The molecule has 1 N–H and O–H groups in total. The van der Waals surface area contributed by atoms with Crippen LogP contribution in [0.2, 0.25) is 0 Å². The monoisotopic (exact) mass is 439 g/mol. The van der Waals surface area contributed by atoms with E-state index in [4.69, 9.17) is 16.4 Å². The van der Waals surface area contributed by atoms with E-state index < -0.39 is 5.60 Å². The van der Waals surface area contributed by atoms with Crippen molar-refractivity contribution in [2.24, 2.45) is 34.5 Å². The van der Waals surface area contributed by atoms with Gasteiger partial charge in [-0.3, -0.25) is 4.40 Å². The summed E-state index contributed by atoms with van der Waals surface area (Å²) in [6.45, 7) is 4.86. The lowest BCUT2D eigenvalue weighted by atomic mass is 9.44. The second-order valence-electron chi connectivity index (χ2n) is 12.0. The van der Waals surface area contributed by atoms with E-state index in [1.807, 2.05) is 6.07 Å². The molecule has 0 bridgehead atoms. The number of para-hydroxylation sites is 2. The molecule has 4 aliphatic rings. The molecule has 2 aromatic heterocycles. The van der Waals surface area contributed by atoms with E-state index in [0.29, 0.717) is 29.1 Å². The molecule has 1 aromatic carbocycles. The Bertz CT molecular complexity index is 1340. The van der Waals surface area contributed by atoms with Gasteiger partial charge in [0, 0.05) is 17.3 Å². The summed E-state index contributed by atoms with van der Waals surface area (Å²) in [6, 6.07) is 8.34. The highest BCUT2D eigenvalue weighted by molar-refractivity contribution is 5.79. The molecule has 4 nitrogen and oxygen atoms in total. The number of nitrogens with zero attached hydrogens (tertiary/aromatic N) is 3. The zero-order chi connectivity index (χ0) is 22.6. The fraction of sp³-hybridized carbons (Fsp3) is 0.586. The van der Waals surface area contributed by atoms with E-state index >= 15 is 0 Å². The minimum atomic E-state index is -0.919. The van der Waals surface area contributed by atoms with E-state index in [-0.39, 0.29) is 5.41 Å². The van der Waals surface area contributed by atoms with Crippen molar-refractivity contribution in [3.05, 3.63) is 41.7 Å². The van der Waals surface area contributed by atoms with Crippen molar-refractivity contribution in [1.82, 2.24) is 14.4 Å². The van der Waals surface area contributed by atoms with Crippen LogP contribution in [0.5, 0.6) is 0 Å². The Labute approximate surface area is 195 Å². The zero-order valence-corrected chi connectivity index (χ0v) is 19.7. The summed E-state index contributed by atoms with van der Waals surface area (Å²) in [6.07, 6.45) is 17.0. The Balaban J connectivity index is 1.28. The minimum Gasteiger partial charge on any atom is -0.377 e. The molecule has 3 saturated carbocycles. The molecule has 2 heterocycles. The summed E-state index contributed by atoms with van der Waals surface area (Å²) < 4.78 is 2.19. The highest BCUT2D eigenvalue weighted by Crippen LogP contribution is 2.67. The second-order valence-corrected chi connectivity index (χ2v) is 12.0. The van der Waals surface area contributed by atoms with E-state index in [0.717, 1.165) is 48.9 Å². The number of benzene rings is 1. The van der Waals surface area contributed by atoms with Gasteiger partial charge >= 0.3 is 0 Å². The molecule has 4 unspecified atom stereocenters. The van der Waals surface area contributed by atoms with E-state index in [9.17, 15) is 5.11 Å². The summed E-state index contributed by atoms with van der Waals surface area (Å²) in [4.78, 5) is 9.86. The topological polar surface area (TPSA) is 50.4 Å². The van der Waals surface area contributed by atoms with Gasteiger partial charge in [-0.1, -0.05) is 31.9 Å². The highest BCUT2D eigenvalue weighted by Gasteiger charge is 2.64. The van der Waals surface area contributed by atoms with Gasteiger partial charge in [0.05, 0.1) is 11.0 Å². The Morgan fingerprint density at radius 1 is 1.06 bits per heavy atom. The maximum absolute atomic E-state index is 11.3. The summed E-state index contributed by atoms with van der Waals surface area (Å²) in [5, 5.41) is 11.3. The molecule has 0 spiro atoms. The molecule has 170 valence electrons. The van der Waals surface area contributed by atoms with Crippen LogP contribution in [0.4, 0.5) is 0 Å². The number of fused-ring (bicyclic) bond motifs is 9. The first-order valence-electron chi connectivity index (χ1n) is 12.8. The number of hydrogen-bond donors (Lipinski definition) is 1. The average Bonchev–Trinajstić information content (AvgIpc) is 3.30. The van der Waals surface area contributed by atoms with Crippen molar-refractivity contribution in [2.75, 3.05) is 0 Å². The number of rotatable bonds is 0. The van der Waals surface area contributed by atoms with Crippen molar-refractivity contribution >= 4 is 16.8 Å². The maximum Gasteiger partial charge on any atom is 0.235 e. The fourth-order valence-electron chi connectivity index (χ4n) is 9.03. The summed E-state index contributed by atoms with van der Waals surface area (Å²) >= 11 is 0. The van der Waals surface area contributed by atoms with Gasteiger partial charge in [-0.2, -0.15) is 0 Å². The van der Waals surface area contributed by atoms with Crippen molar-refractivity contribution in [3.63, 3.8) is 0 Å². The Morgan fingerprint density at radius 2 is 1.88 bits per heavy atom. The Kier molecular flexibility index (Phi) is 3.88. The van der Waals surface area contributed by atoms with Gasteiger partial charge in [0.1, 0.15) is 5.60 Å². The molecule has 0 saturated heterocycles. The third-order valence-electron chi connectivity index (χ3n) is 10.9. The van der Waals surface area contributed by atoms with Crippen LogP contribution in [-0.4, -0.2) is 25.1 Å². The molecule has 7 rings (SSSR count). The number of aromatic nitrogens is 3. The number of imidazole rings is 1. The normalized spacial score (nSPS) is 41.8. The summed E-state index contributed by atoms with van der Waals surface area (Å²) in [5.74, 6) is 6.28. The standard InChI is InChI=1S/C29H33N3O/c1-4-29(33)14-12-22-20-10-9-19-15-24-18(16-27(19,2)21(20)11-13-28(22,29)3)17-32-25-8-6-5-7-23(25)30-26(32)31-24/h1,5-8,17,19-22,33H,9-16H2,2-3H3/t19-,20?,21?,22-,27?,28?,29-/m0/s1. The molecular weight excluding hydrogens is 406 g/mol. The lowest BCUT2D eigenvalue weighted by Gasteiger charge is -2.60. The molecule has 3 fully saturated rings. The fourth-order valence-corrected chi connectivity index (χ4v) is 9.03. The third kappa shape index (κ3) is 2.42.